The first-order valence-electron chi connectivity index (χ1n) is 5.63. The van der Waals surface area contributed by atoms with E-state index in [1.807, 2.05) is 18.2 Å². The number of aromatic nitrogens is 2. The predicted octanol–water partition coefficient (Wildman–Crippen LogP) is 2.47. The molecule has 1 N–H and O–H groups in total. The summed E-state index contributed by atoms with van der Waals surface area (Å²) in [6.07, 6.45) is 10.2. The minimum atomic E-state index is -0.477. The highest BCUT2D eigenvalue weighted by Gasteiger charge is 2.08. The molecule has 0 fully saturated rings. The monoisotopic (exact) mass is 226 g/mol. The lowest BCUT2D eigenvalue weighted by atomic mass is 10.0. The molecule has 0 aliphatic rings. The van der Waals surface area contributed by atoms with Crippen LogP contribution in [-0.2, 0) is 0 Å². The minimum absolute atomic E-state index is 0.477. The molecule has 1 heterocycles. The van der Waals surface area contributed by atoms with Gasteiger partial charge in [0.15, 0.2) is 0 Å². The molecule has 1 atom stereocenters. The van der Waals surface area contributed by atoms with Gasteiger partial charge in [-0.3, -0.25) is 9.97 Å². The van der Waals surface area contributed by atoms with E-state index < -0.39 is 6.10 Å². The van der Waals surface area contributed by atoms with E-state index in [-0.39, 0.29) is 0 Å². The van der Waals surface area contributed by atoms with Gasteiger partial charge in [0, 0.05) is 18.8 Å². The van der Waals surface area contributed by atoms with E-state index in [0.29, 0.717) is 12.8 Å². The lowest BCUT2D eigenvalue weighted by molar-refractivity contribution is 0.165. The lowest BCUT2D eigenvalue weighted by Gasteiger charge is -2.10. The van der Waals surface area contributed by atoms with E-state index in [2.05, 4.69) is 15.9 Å². The van der Waals surface area contributed by atoms with Crippen LogP contribution in [0.1, 0.15) is 30.9 Å². The first kappa shape index (κ1) is 11.6. The number of unbranched alkanes of at least 4 members (excludes halogenated alkanes) is 1. The zero-order valence-electron chi connectivity index (χ0n) is 9.50. The van der Waals surface area contributed by atoms with Crippen LogP contribution < -0.4 is 0 Å². The van der Waals surface area contributed by atoms with E-state index >= 15 is 0 Å². The molecular formula is C14H14N2O. The third kappa shape index (κ3) is 2.80. The maximum atomic E-state index is 9.99. The molecule has 0 saturated carbocycles. The summed E-state index contributed by atoms with van der Waals surface area (Å²) in [5, 5.41) is 9.99. The van der Waals surface area contributed by atoms with Crippen LogP contribution in [0.3, 0.4) is 0 Å². The van der Waals surface area contributed by atoms with Gasteiger partial charge in [-0.1, -0.05) is 6.07 Å². The summed E-state index contributed by atoms with van der Waals surface area (Å²) < 4.78 is 0. The second kappa shape index (κ2) is 5.42. The van der Waals surface area contributed by atoms with Crippen molar-refractivity contribution in [2.24, 2.45) is 0 Å². The highest BCUT2D eigenvalue weighted by molar-refractivity contribution is 5.74. The zero-order chi connectivity index (χ0) is 12.1. The number of benzene rings is 1. The molecule has 1 aromatic heterocycles. The molecule has 0 spiro atoms. The van der Waals surface area contributed by atoms with Gasteiger partial charge < -0.3 is 5.11 Å². The second-order valence-electron chi connectivity index (χ2n) is 3.92. The Morgan fingerprint density at radius 3 is 2.76 bits per heavy atom. The molecule has 17 heavy (non-hydrogen) atoms. The van der Waals surface area contributed by atoms with E-state index in [0.717, 1.165) is 23.0 Å². The van der Waals surface area contributed by atoms with Crippen molar-refractivity contribution in [2.75, 3.05) is 0 Å². The topological polar surface area (TPSA) is 46.0 Å². The number of hydrogen-bond donors (Lipinski definition) is 1. The number of rotatable bonds is 4. The number of aliphatic hydroxyl groups excluding tert-OH is 1. The molecule has 0 bridgehead atoms. The number of nitrogens with zero attached hydrogens (tertiary/aromatic N) is 2. The second-order valence-corrected chi connectivity index (χ2v) is 3.92. The molecule has 3 heteroatoms. The summed E-state index contributed by atoms with van der Waals surface area (Å²) in [4.78, 5) is 8.40. The van der Waals surface area contributed by atoms with E-state index in [1.54, 1.807) is 12.4 Å². The molecule has 1 unspecified atom stereocenters. The number of fused-ring (bicyclic) bond motifs is 1. The van der Waals surface area contributed by atoms with Gasteiger partial charge in [0.05, 0.1) is 17.1 Å². The van der Waals surface area contributed by atoms with E-state index in [9.17, 15) is 5.11 Å². The summed E-state index contributed by atoms with van der Waals surface area (Å²) >= 11 is 0. The molecule has 0 saturated heterocycles. The summed E-state index contributed by atoms with van der Waals surface area (Å²) in [6, 6.07) is 5.64. The van der Waals surface area contributed by atoms with Gasteiger partial charge in [0.25, 0.3) is 0 Å². The summed E-state index contributed by atoms with van der Waals surface area (Å²) in [6.45, 7) is 0. The van der Waals surface area contributed by atoms with Crippen LogP contribution in [0.2, 0.25) is 0 Å². The van der Waals surface area contributed by atoms with Gasteiger partial charge in [0.1, 0.15) is 0 Å². The van der Waals surface area contributed by atoms with Crippen molar-refractivity contribution < 1.29 is 5.11 Å². The van der Waals surface area contributed by atoms with Gasteiger partial charge in [-0.2, -0.15) is 0 Å². The summed E-state index contributed by atoms with van der Waals surface area (Å²) in [5.41, 5.74) is 2.52. The Labute approximate surface area is 101 Å². The van der Waals surface area contributed by atoms with Crippen molar-refractivity contribution in [2.45, 2.75) is 25.4 Å². The number of hydrogen-bond acceptors (Lipinski definition) is 3. The Balaban J connectivity index is 2.16. The zero-order valence-corrected chi connectivity index (χ0v) is 9.50. The highest BCUT2D eigenvalue weighted by Crippen LogP contribution is 2.21. The van der Waals surface area contributed by atoms with Crippen molar-refractivity contribution in [1.82, 2.24) is 9.97 Å². The SMILES string of the molecule is C#CCCCC(O)c1ccc2nccnc2c1. The third-order valence-electron chi connectivity index (χ3n) is 2.68. The van der Waals surface area contributed by atoms with Gasteiger partial charge >= 0.3 is 0 Å². The van der Waals surface area contributed by atoms with Crippen LogP contribution in [0.25, 0.3) is 11.0 Å². The lowest BCUT2D eigenvalue weighted by Crippen LogP contribution is -1.97. The minimum Gasteiger partial charge on any atom is -0.388 e. The Kier molecular flexibility index (Phi) is 3.69. The molecule has 3 nitrogen and oxygen atoms in total. The summed E-state index contributed by atoms with van der Waals surface area (Å²) in [7, 11) is 0. The molecule has 86 valence electrons. The van der Waals surface area contributed by atoms with Gasteiger partial charge in [-0.15, -0.1) is 12.3 Å². The van der Waals surface area contributed by atoms with Crippen LogP contribution in [0.5, 0.6) is 0 Å². The maximum Gasteiger partial charge on any atom is 0.0890 e. The number of terminal acetylenes is 1. The standard InChI is InChI=1S/C14H14N2O/c1-2-3-4-5-14(17)11-6-7-12-13(10-11)16-9-8-15-12/h1,6-10,14,17H,3-5H2. The van der Waals surface area contributed by atoms with E-state index in [1.165, 1.54) is 0 Å². The Hall–Kier alpha value is -1.92. The Morgan fingerprint density at radius 2 is 2.00 bits per heavy atom. The summed E-state index contributed by atoms with van der Waals surface area (Å²) in [5.74, 6) is 2.57. The predicted molar refractivity (Wildman–Crippen MR) is 67.2 cm³/mol. The van der Waals surface area contributed by atoms with Gasteiger partial charge in [-0.25, -0.2) is 0 Å². The fraction of sp³-hybridized carbons (Fsp3) is 0.286. The molecule has 0 aliphatic heterocycles. The van der Waals surface area contributed by atoms with Gasteiger partial charge in [0.2, 0.25) is 0 Å². The van der Waals surface area contributed by atoms with Crippen LogP contribution in [-0.4, -0.2) is 15.1 Å². The van der Waals surface area contributed by atoms with Crippen molar-refractivity contribution >= 4 is 11.0 Å². The van der Waals surface area contributed by atoms with Crippen LogP contribution in [0.4, 0.5) is 0 Å². The fourth-order valence-electron chi connectivity index (χ4n) is 1.75. The molecule has 0 radical (unpaired) electrons. The molecule has 0 aliphatic carbocycles. The molecular weight excluding hydrogens is 212 g/mol. The average Bonchev–Trinajstić information content (AvgIpc) is 2.38. The Morgan fingerprint density at radius 1 is 1.24 bits per heavy atom. The molecule has 2 aromatic rings. The van der Waals surface area contributed by atoms with Crippen molar-refractivity contribution in [3.63, 3.8) is 0 Å². The Bertz CT molecular complexity index is 545. The molecule has 2 rings (SSSR count). The largest absolute Gasteiger partial charge is 0.388 e. The highest BCUT2D eigenvalue weighted by atomic mass is 16.3. The first-order chi connectivity index (χ1) is 8.31. The fourth-order valence-corrected chi connectivity index (χ4v) is 1.75. The quantitative estimate of drug-likeness (QED) is 0.643. The van der Waals surface area contributed by atoms with E-state index in [4.69, 9.17) is 6.42 Å². The van der Waals surface area contributed by atoms with Crippen molar-refractivity contribution in [3.8, 4) is 12.3 Å². The molecule has 0 amide bonds. The number of aliphatic hydroxyl groups is 1. The molecule has 1 aromatic carbocycles. The average molecular weight is 226 g/mol. The van der Waals surface area contributed by atoms with Gasteiger partial charge in [-0.05, 0) is 30.5 Å². The maximum absolute atomic E-state index is 9.99. The van der Waals surface area contributed by atoms with Crippen LogP contribution in [0, 0.1) is 12.3 Å². The first-order valence-corrected chi connectivity index (χ1v) is 5.63. The third-order valence-corrected chi connectivity index (χ3v) is 2.68. The smallest absolute Gasteiger partial charge is 0.0890 e. The normalized spacial score (nSPS) is 12.2. The van der Waals surface area contributed by atoms with Crippen molar-refractivity contribution in [3.05, 3.63) is 36.2 Å². The van der Waals surface area contributed by atoms with Crippen LogP contribution in [0.15, 0.2) is 30.6 Å². The van der Waals surface area contributed by atoms with Crippen LogP contribution >= 0.6 is 0 Å². The van der Waals surface area contributed by atoms with Crippen molar-refractivity contribution in [1.29, 1.82) is 0 Å².